The van der Waals surface area contributed by atoms with Crippen molar-refractivity contribution in [2.24, 2.45) is 11.1 Å². The van der Waals surface area contributed by atoms with Crippen molar-refractivity contribution in [3.8, 4) is 0 Å². The zero-order valence-electron chi connectivity index (χ0n) is 12.9. The molecule has 0 aliphatic heterocycles. The van der Waals surface area contributed by atoms with Crippen molar-refractivity contribution in [3.63, 3.8) is 0 Å². The van der Waals surface area contributed by atoms with Gasteiger partial charge in [0.2, 0.25) is 0 Å². The van der Waals surface area contributed by atoms with E-state index >= 15 is 0 Å². The van der Waals surface area contributed by atoms with E-state index in [1.807, 2.05) is 6.07 Å². The van der Waals surface area contributed by atoms with Crippen molar-refractivity contribution in [1.82, 2.24) is 4.90 Å². The Morgan fingerprint density at radius 2 is 2.15 bits per heavy atom. The first-order valence-electron chi connectivity index (χ1n) is 8.04. The number of furan rings is 1. The van der Waals surface area contributed by atoms with Crippen LogP contribution in [0.25, 0.3) is 0 Å². The van der Waals surface area contributed by atoms with Gasteiger partial charge in [0.15, 0.2) is 0 Å². The molecular formula is C17H28N2O. The average molecular weight is 276 g/mol. The summed E-state index contributed by atoms with van der Waals surface area (Å²) in [6, 6.07) is 4.80. The van der Waals surface area contributed by atoms with Crippen molar-refractivity contribution < 1.29 is 4.42 Å². The fourth-order valence-electron chi connectivity index (χ4n) is 4.14. The lowest BCUT2D eigenvalue weighted by Crippen LogP contribution is -2.58. The highest BCUT2D eigenvalue weighted by molar-refractivity contribution is 5.07. The van der Waals surface area contributed by atoms with Gasteiger partial charge in [0.25, 0.3) is 0 Å². The summed E-state index contributed by atoms with van der Waals surface area (Å²) in [4.78, 5) is 2.67. The first-order chi connectivity index (χ1) is 9.55. The van der Waals surface area contributed by atoms with Gasteiger partial charge in [0.1, 0.15) is 5.76 Å². The Balaban J connectivity index is 1.83. The summed E-state index contributed by atoms with van der Waals surface area (Å²) in [6.07, 6.45) is 9.50. The van der Waals surface area contributed by atoms with E-state index in [2.05, 4.69) is 24.8 Å². The van der Waals surface area contributed by atoms with E-state index in [0.717, 1.165) is 24.9 Å². The maximum Gasteiger partial charge on any atom is 0.117 e. The Hall–Kier alpha value is -0.800. The standard InChI is InChI=1S/C17H28N2O/c1-16(2)8-4-9-17(12-16,13-18)19(14-6-7-14)11-15-5-3-10-20-15/h3,5,10,14H,4,6-9,11-13,18H2,1-2H3. The van der Waals surface area contributed by atoms with Gasteiger partial charge < -0.3 is 10.2 Å². The Kier molecular flexibility index (Phi) is 3.67. The SMILES string of the molecule is CC1(C)CCCC(CN)(N(Cc2ccco2)C2CC2)C1. The maximum atomic E-state index is 6.28. The van der Waals surface area contributed by atoms with Crippen molar-refractivity contribution in [2.75, 3.05) is 6.54 Å². The largest absolute Gasteiger partial charge is 0.468 e. The van der Waals surface area contributed by atoms with Gasteiger partial charge in [-0.25, -0.2) is 0 Å². The van der Waals surface area contributed by atoms with Gasteiger partial charge in [-0.3, -0.25) is 4.90 Å². The highest BCUT2D eigenvalue weighted by Gasteiger charge is 2.48. The molecule has 20 heavy (non-hydrogen) atoms. The van der Waals surface area contributed by atoms with Gasteiger partial charge in [0, 0.05) is 18.1 Å². The third-order valence-corrected chi connectivity index (χ3v) is 5.19. The van der Waals surface area contributed by atoms with E-state index in [1.54, 1.807) is 6.26 Å². The molecule has 2 aliphatic rings. The molecule has 0 radical (unpaired) electrons. The number of nitrogens with zero attached hydrogens (tertiary/aromatic N) is 1. The van der Waals surface area contributed by atoms with Crippen molar-refractivity contribution in [3.05, 3.63) is 24.2 Å². The van der Waals surface area contributed by atoms with Crippen molar-refractivity contribution in [2.45, 2.75) is 70.5 Å². The Morgan fingerprint density at radius 1 is 1.35 bits per heavy atom. The maximum absolute atomic E-state index is 6.28. The molecule has 1 atom stereocenters. The van der Waals surface area contributed by atoms with Gasteiger partial charge >= 0.3 is 0 Å². The van der Waals surface area contributed by atoms with Crippen LogP contribution in [0.1, 0.15) is 58.1 Å². The number of rotatable bonds is 5. The van der Waals surface area contributed by atoms with Gasteiger partial charge in [-0.2, -0.15) is 0 Å². The molecule has 3 nitrogen and oxygen atoms in total. The van der Waals surface area contributed by atoms with Crippen LogP contribution in [0.5, 0.6) is 0 Å². The first kappa shape index (κ1) is 14.2. The molecule has 2 saturated carbocycles. The van der Waals surface area contributed by atoms with Crippen LogP contribution < -0.4 is 5.73 Å². The molecule has 2 N–H and O–H groups in total. The smallest absolute Gasteiger partial charge is 0.117 e. The second-order valence-corrected chi connectivity index (χ2v) is 7.56. The minimum absolute atomic E-state index is 0.176. The monoisotopic (exact) mass is 276 g/mol. The van der Waals surface area contributed by atoms with E-state index < -0.39 is 0 Å². The van der Waals surface area contributed by atoms with E-state index in [4.69, 9.17) is 10.2 Å². The van der Waals surface area contributed by atoms with Gasteiger partial charge in [-0.05, 0) is 49.7 Å². The van der Waals surface area contributed by atoms with Crippen LogP contribution in [0.4, 0.5) is 0 Å². The fourth-order valence-corrected chi connectivity index (χ4v) is 4.14. The predicted molar refractivity (Wildman–Crippen MR) is 81.3 cm³/mol. The van der Waals surface area contributed by atoms with Gasteiger partial charge in [-0.15, -0.1) is 0 Å². The summed E-state index contributed by atoms with van der Waals surface area (Å²) < 4.78 is 5.59. The molecule has 0 bridgehead atoms. The van der Waals surface area contributed by atoms with Crippen LogP contribution in [0.3, 0.4) is 0 Å². The zero-order valence-corrected chi connectivity index (χ0v) is 12.9. The van der Waals surface area contributed by atoms with E-state index in [9.17, 15) is 0 Å². The lowest BCUT2D eigenvalue weighted by Gasteiger charge is -2.51. The molecule has 1 aromatic heterocycles. The highest BCUT2D eigenvalue weighted by Crippen LogP contribution is 2.47. The van der Waals surface area contributed by atoms with E-state index in [-0.39, 0.29) is 5.54 Å². The molecule has 3 heteroatoms. The van der Waals surface area contributed by atoms with Gasteiger partial charge in [0.05, 0.1) is 12.8 Å². The summed E-state index contributed by atoms with van der Waals surface area (Å²) in [5.41, 5.74) is 6.87. The average Bonchev–Trinajstić information content (AvgIpc) is 3.11. The quantitative estimate of drug-likeness (QED) is 0.894. The molecule has 0 saturated heterocycles. The number of hydrogen-bond donors (Lipinski definition) is 1. The number of hydrogen-bond acceptors (Lipinski definition) is 3. The van der Waals surface area contributed by atoms with Crippen molar-refractivity contribution >= 4 is 0 Å². The Bertz CT molecular complexity index is 436. The topological polar surface area (TPSA) is 42.4 Å². The molecule has 2 fully saturated rings. The minimum atomic E-state index is 0.176. The molecule has 1 aromatic rings. The molecular weight excluding hydrogens is 248 g/mol. The zero-order chi connectivity index (χ0) is 14.2. The first-order valence-corrected chi connectivity index (χ1v) is 8.04. The molecule has 3 rings (SSSR count). The van der Waals surface area contributed by atoms with Crippen LogP contribution in [-0.4, -0.2) is 23.0 Å². The van der Waals surface area contributed by atoms with Crippen LogP contribution in [0.15, 0.2) is 22.8 Å². The second kappa shape index (κ2) is 5.19. The molecule has 0 amide bonds. The molecule has 0 spiro atoms. The Morgan fingerprint density at radius 3 is 2.70 bits per heavy atom. The molecule has 2 aliphatic carbocycles. The van der Waals surface area contributed by atoms with Crippen LogP contribution in [-0.2, 0) is 6.54 Å². The number of nitrogens with two attached hydrogens (primary N) is 1. The predicted octanol–water partition coefficient (Wildman–Crippen LogP) is 3.54. The minimum Gasteiger partial charge on any atom is -0.468 e. The lowest BCUT2D eigenvalue weighted by atomic mass is 9.67. The molecule has 1 heterocycles. The Labute approximate surface area is 122 Å². The third kappa shape index (κ3) is 2.79. The normalized spacial score (nSPS) is 29.8. The van der Waals surface area contributed by atoms with Crippen LogP contribution >= 0.6 is 0 Å². The lowest BCUT2D eigenvalue weighted by molar-refractivity contribution is -0.00584. The van der Waals surface area contributed by atoms with E-state index in [0.29, 0.717) is 5.41 Å². The van der Waals surface area contributed by atoms with Crippen LogP contribution in [0.2, 0.25) is 0 Å². The molecule has 1 unspecified atom stereocenters. The summed E-state index contributed by atoms with van der Waals surface area (Å²) in [5, 5.41) is 0. The second-order valence-electron chi connectivity index (χ2n) is 7.56. The van der Waals surface area contributed by atoms with Crippen molar-refractivity contribution in [1.29, 1.82) is 0 Å². The van der Waals surface area contributed by atoms with Crippen LogP contribution in [0, 0.1) is 5.41 Å². The summed E-state index contributed by atoms with van der Waals surface area (Å²) >= 11 is 0. The van der Waals surface area contributed by atoms with Gasteiger partial charge in [-0.1, -0.05) is 20.3 Å². The highest BCUT2D eigenvalue weighted by atomic mass is 16.3. The summed E-state index contributed by atoms with van der Waals surface area (Å²) in [5.74, 6) is 1.08. The third-order valence-electron chi connectivity index (χ3n) is 5.19. The fraction of sp³-hybridized carbons (Fsp3) is 0.765. The molecule has 0 aromatic carbocycles. The summed E-state index contributed by atoms with van der Waals surface area (Å²) in [7, 11) is 0. The summed E-state index contributed by atoms with van der Waals surface area (Å²) in [6.45, 7) is 6.49. The molecule has 112 valence electrons. The van der Waals surface area contributed by atoms with E-state index in [1.165, 1.54) is 38.5 Å².